The normalized spacial score (nSPS) is 12.1. The zero-order valence-electron chi connectivity index (χ0n) is 15.8. The lowest BCUT2D eigenvalue weighted by Crippen LogP contribution is -2.29. The summed E-state index contributed by atoms with van der Waals surface area (Å²) < 4.78 is 2.16. The second kappa shape index (κ2) is 9.19. The second-order valence-corrected chi connectivity index (χ2v) is 8.88. The third kappa shape index (κ3) is 5.20. The highest BCUT2D eigenvalue weighted by molar-refractivity contribution is 8.00. The van der Waals surface area contributed by atoms with Crippen LogP contribution in [0.1, 0.15) is 23.2 Å². The van der Waals surface area contributed by atoms with Crippen molar-refractivity contribution in [3.05, 3.63) is 64.1 Å². The number of thioether (sulfide) groups is 1. The summed E-state index contributed by atoms with van der Waals surface area (Å²) in [4.78, 5) is 15.1. The fourth-order valence-electron chi connectivity index (χ4n) is 2.79. The fourth-order valence-corrected chi connectivity index (χ4v) is 4.53. The maximum atomic E-state index is 12.3. The van der Waals surface area contributed by atoms with Crippen molar-refractivity contribution in [1.29, 1.82) is 0 Å². The predicted molar refractivity (Wildman–Crippen MR) is 111 cm³/mol. The van der Waals surface area contributed by atoms with E-state index in [0.29, 0.717) is 0 Å². The van der Waals surface area contributed by atoms with Crippen LogP contribution in [0, 0.1) is 0 Å². The number of carbonyl (C=O) groups excluding carboxylic acids is 1. The van der Waals surface area contributed by atoms with E-state index in [9.17, 15) is 4.79 Å². The molecule has 0 unspecified atom stereocenters. The smallest absolute Gasteiger partial charge is 0.235 e. The zero-order valence-corrected chi connectivity index (χ0v) is 17.5. The Labute approximate surface area is 168 Å². The molecule has 3 rings (SSSR count). The van der Waals surface area contributed by atoms with E-state index in [1.165, 1.54) is 22.2 Å². The maximum absolute atomic E-state index is 12.3. The third-order valence-corrected chi connectivity index (χ3v) is 6.19. The van der Waals surface area contributed by atoms with Crippen LogP contribution in [0.25, 0.3) is 0 Å². The van der Waals surface area contributed by atoms with E-state index in [4.69, 9.17) is 0 Å². The molecule has 0 bridgehead atoms. The van der Waals surface area contributed by atoms with Crippen LogP contribution < -0.4 is 0 Å². The highest BCUT2D eigenvalue weighted by Crippen LogP contribution is 2.25. The fraction of sp³-hybridized carbons (Fsp3) is 0.350. The van der Waals surface area contributed by atoms with Gasteiger partial charge < -0.3 is 9.47 Å². The first-order chi connectivity index (χ1) is 13.0. The number of hydrogen-bond donors (Lipinski definition) is 0. The van der Waals surface area contributed by atoms with Crippen molar-refractivity contribution < 1.29 is 4.79 Å². The molecule has 0 aliphatic carbocycles. The first-order valence-corrected chi connectivity index (χ1v) is 10.7. The topological polar surface area (TPSA) is 51.0 Å². The first kappa shape index (κ1) is 19.6. The Hall–Kier alpha value is -2.12. The van der Waals surface area contributed by atoms with Gasteiger partial charge in [-0.05, 0) is 30.4 Å². The molecule has 142 valence electrons. The summed E-state index contributed by atoms with van der Waals surface area (Å²) in [7, 11) is 3.56. The van der Waals surface area contributed by atoms with Crippen LogP contribution in [-0.4, -0.2) is 44.9 Å². The summed E-state index contributed by atoms with van der Waals surface area (Å²) >= 11 is 3.20. The molecule has 0 radical (unpaired) electrons. The maximum Gasteiger partial charge on any atom is 0.235 e. The van der Waals surface area contributed by atoms with Crippen molar-refractivity contribution >= 4 is 29.0 Å². The Morgan fingerprint density at radius 1 is 1.19 bits per heavy atom. The monoisotopic (exact) mass is 400 g/mol. The molecule has 1 atom stereocenters. The van der Waals surface area contributed by atoms with Gasteiger partial charge in [0, 0.05) is 31.9 Å². The Balaban J connectivity index is 1.81. The number of aryl methyl sites for hydroxylation is 1. The molecule has 7 heteroatoms. The van der Waals surface area contributed by atoms with Gasteiger partial charge in [-0.1, -0.05) is 48.2 Å². The second-order valence-electron chi connectivity index (χ2n) is 6.53. The van der Waals surface area contributed by atoms with Gasteiger partial charge in [0.15, 0.2) is 5.16 Å². The van der Waals surface area contributed by atoms with Gasteiger partial charge in [-0.25, -0.2) is 0 Å². The summed E-state index contributed by atoms with van der Waals surface area (Å²) in [5.41, 5.74) is 1.28. The van der Waals surface area contributed by atoms with Crippen molar-refractivity contribution in [2.75, 3.05) is 14.1 Å². The largest absolute Gasteiger partial charge is 0.348 e. The predicted octanol–water partition coefficient (Wildman–Crippen LogP) is 3.74. The van der Waals surface area contributed by atoms with Crippen molar-refractivity contribution in [2.45, 2.75) is 36.7 Å². The molecule has 0 aliphatic heterocycles. The summed E-state index contributed by atoms with van der Waals surface area (Å²) in [6, 6.07) is 14.6. The molecule has 0 N–H and O–H groups in total. The highest BCUT2D eigenvalue weighted by atomic mass is 32.2. The van der Waals surface area contributed by atoms with Gasteiger partial charge in [0.05, 0.1) is 5.25 Å². The molecule has 0 fully saturated rings. The molecule has 0 spiro atoms. The lowest BCUT2D eigenvalue weighted by molar-refractivity contribution is -0.127. The highest BCUT2D eigenvalue weighted by Gasteiger charge is 2.21. The Kier molecular flexibility index (Phi) is 6.68. The molecular formula is C20H24N4OS2. The Morgan fingerprint density at radius 2 is 1.96 bits per heavy atom. The number of aromatic nitrogens is 3. The summed E-state index contributed by atoms with van der Waals surface area (Å²) in [5, 5.41) is 11.5. The van der Waals surface area contributed by atoms with E-state index in [1.54, 1.807) is 30.3 Å². The van der Waals surface area contributed by atoms with E-state index in [1.807, 2.05) is 13.0 Å². The first-order valence-electron chi connectivity index (χ1n) is 8.91. The molecule has 2 aromatic heterocycles. The molecule has 1 amide bonds. The summed E-state index contributed by atoms with van der Waals surface area (Å²) in [5.74, 6) is 1.03. The molecule has 2 heterocycles. The average molecular weight is 401 g/mol. The number of benzene rings is 1. The zero-order chi connectivity index (χ0) is 19.2. The molecule has 0 aliphatic rings. The van der Waals surface area contributed by atoms with Gasteiger partial charge in [0.25, 0.3) is 0 Å². The van der Waals surface area contributed by atoms with Crippen molar-refractivity contribution in [3.8, 4) is 0 Å². The van der Waals surface area contributed by atoms with Gasteiger partial charge in [0.2, 0.25) is 5.91 Å². The average Bonchev–Trinajstić information content (AvgIpc) is 3.31. The quantitative estimate of drug-likeness (QED) is 0.541. The van der Waals surface area contributed by atoms with Crippen LogP contribution in [0.4, 0.5) is 0 Å². The number of thiophene rings is 1. The SMILES string of the molecule is C[C@@H](Sc1nnc(Cc2cccs2)n1CCc1ccccc1)C(=O)N(C)C. The van der Waals surface area contributed by atoms with Gasteiger partial charge in [-0.2, -0.15) is 0 Å². The summed E-state index contributed by atoms with van der Waals surface area (Å²) in [6.45, 7) is 2.71. The number of amides is 1. The molecule has 27 heavy (non-hydrogen) atoms. The lowest BCUT2D eigenvalue weighted by atomic mass is 10.1. The van der Waals surface area contributed by atoms with E-state index in [0.717, 1.165) is 30.4 Å². The van der Waals surface area contributed by atoms with Gasteiger partial charge >= 0.3 is 0 Å². The minimum absolute atomic E-state index is 0.0809. The van der Waals surface area contributed by atoms with Crippen LogP contribution in [-0.2, 0) is 24.2 Å². The Morgan fingerprint density at radius 3 is 2.63 bits per heavy atom. The number of hydrogen-bond acceptors (Lipinski definition) is 5. The molecule has 1 aromatic carbocycles. The van der Waals surface area contributed by atoms with Crippen LogP contribution in [0.3, 0.4) is 0 Å². The van der Waals surface area contributed by atoms with Gasteiger partial charge in [0.1, 0.15) is 5.82 Å². The summed E-state index contributed by atoms with van der Waals surface area (Å²) in [6.07, 6.45) is 1.66. The minimum atomic E-state index is -0.200. The van der Waals surface area contributed by atoms with Gasteiger partial charge in [-0.3, -0.25) is 4.79 Å². The van der Waals surface area contributed by atoms with Crippen molar-refractivity contribution in [1.82, 2.24) is 19.7 Å². The van der Waals surface area contributed by atoms with Crippen LogP contribution in [0.15, 0.2) is 53.0 Å². The standard InChI is InChI=1S/C20H24N4OS2/c1-15(19(25)23(2)3)27-20-22-21-18(14-17-10-7-13-26-17)24(20)12-11-16-8-5-4-6-9-16/h4-10,13,15H,11-12,14H2,1-3H3/t15-/m1/s1. The van der Waals surface area contributed by atoms with E-state index < -0.39 is 0 Å². The van der Waals surface area contributed by atoms with E-state index in [2.05, 4.69) is 56.5 Å². The molecule has 0 saturated carbocycles. The number of rotatable bonds is 8. The molecule has 3 aromatic rings. The van der Waals surface area contributed by atoms with Crippen molar-refractivity contribution in [3.63, 3.8) is 0 Å². The molecular weight excluding hydrogens is 376 g/mol. The number of nitrogens with zero attached hydrogens (tertiary/aromatic N) is 4. The lowest BCUT2D eigenvalue weighted by Gasteiger charge is -2.17. The molecule has 5 nitrogen and oxygen atoms in total. The third-order valence-electron chi connectivity index (χ3n) is 4.24. The van der Waals surface area contributed by atoms with E-state index in [-0.39, 0.29) is 11.2 Å². The molecule has 0 saturated heterocycles. The van der Waals surface area contributed by atoms with Crippen LogP contribution >= 0.6 is 23.1 Å². The van der Waals surface area contributed by atoms with Crippen LogP contribution in [0.2, 0.25) is 0 Å². The van der Waals surface area contributed by atoms with Crippen molar-refractivity contribution in [2.24, 2.45) is 0 Å². The van der Waals surface area contributed by atoms with E-state index >= 15 is 0 Å². The Bertz CT molecular complexity index is 860. The minimum Gasteiger partial charge on any atom is -0.348 e. The van der Waals surface area contributed by atoms with Gasteiger partial charge in [-0.15, -0.1) is 21.5 Å². The van der Waals surface area contributed by atoms with Crippen LogP contribution in [0.5, 0.6) is 0 Å². The number of carbonyl (C=O) groups is 1.